The second kappa shape index (κ2) is 8.86. The van der Waals surface area contributed by atoms with Gasteiger partial charge in [0, 0.05) is 24.7 Å². The Morgan fingerprint density at radius 1 is 1.00 bits per heavy atom. The number of nitrogens with one attached hydrogen (secondary N) is 2. The summed E-state index contributed by atoms with van der Waals surface area (Å²) >= 11 is 0. The summed E-state index contributed by atoms with van der Waals surface area (Å²) in [5, 5.41) is 18.5. The third kappa shape index (κ3) is 5.46. The van der Waals surface area contributed by atoms with Crippen LogP contribution >= 0.6 is 0 Å². The van der Waals surface area contributed by atoms with E-state index in [4.69, 9.17) is 0 Å². The normalized spacial score (nSPS) is 20.4. The number of carbonyl (C=O) groups is 1. The third-order valence-corrected chi connectivity index (χ3v) is 4.97. The highest BCUT2D eigenvalue weighted by Gasteiger charge is 2.20. The van der Waals surface area contributed by atoms with Crippen molar-refractivity contribution in [2.24, 2.45) is 0 Å². The molecule has 3 N–H and O–H groups in total. The first kappa shape index (κ1) is 17.7. The van der Waals surface area contributed by atoms with E-state index < -0.39 is 0 Å². The molecule has 0 spiro atoms. The van der Waals surface area contributed by atoms with E-state index in [2.05, 4.69) is 53.1 Å². The van der Waals surface area contributed by atoms with E-state index in [-0.39, 0.29) is 18.1 Å². The molecule has 1 saturated carbocycles. The lowest BCUT2D eigenvalue weighted by atomic mass is 9.93. The lowest BCUT2D eigenvalue weighted by Crippen LogP contribution is -2.38. The van der Waals surface area contributed by atoms with Crippen LogP contribution in [-0.2, 0) is 4.79 Å². The standard InChI is InChI=1S/C21H28N2O2/c24-20-12-10-18(11-13-20)23-21(25)7-3-4-14-22-19-9-8-16-5-1-2-6-17(16)15-19/h1-2,5-6,8-9,15,18,20,22,24H,3-4,7,10-14H2,(H,23,25). The van der Waals surface area contributed by atoms with E-state index in [1.165, 1.54) is 10.8 Å². The number of fused-ring (bicyclic) bond motifs is 1. The van der Waals surface area contributed by atoms with Crippen molar-refractivity contribution in [2.45, 2.75) is 57.1 Å². The van der Waals surface area contributed by atoms with Crippen molar-refractivity contribution >= 4 is 22.4 Å². The third-order valence-electron chi connectivity index (χ3n) is 4.97. The molecule has 0 atom stereocenters. The predicted molar refractivity (Wildman–Crippen MR) is 103 cm³/mol. The molecule has 134 valence electrons. The van der Waals surface area contributed by atoms with Gasteiger partial charge in [-0.1, -0.05) is 30.3 Å². The minimum absolute atomic E-state index is 0.145. The van der Waals surface area contributed by atoms with E-state index in [0.29, 0.717) is 6.42 Å². The Morgan fingerprint density at radius 2 is 1.76 bits per heavy atom. The van der Waals surface area contributed by atoms with Gasteiger partial charge in [-0.05, 0) is 61.4 Å². The molecule has 2 aromatic rings. The zero-order valence-electron chi connectivity index (χ0n) is 14.7. The fourth-order valence-electron chi connectivity index (χ4n) is 3.46. The quantitative estimate of drug-likeness (QED) is 0.671. The van der Waals surface area contributed by atoms with Crippen molar-refractivity contribution in [3.63, 3.8) is 0 Å². The Labute approximate surface area is 149 Å². The number of hydrogen-bond acceptors (Lipinski definition) is 3. The molecule has 0 saturated heterocycles. The number of carbonyl (C=O) groups excluding carboxylic acids is 1. The summed E-state index contributed by atoms with van der Waals surface area (Å²) in [6, 6.07) is 15.0. The maximum absolute atomic E-state index is 12.0. The summed E-state index contributed by atoms with van der Waals surface area (Å²) in [6.45, 7) is 0.876. The predicted octanol–water partition coefficient (Wildman–Crippen LogP) is 3.84. The van der Waals surface area contributed by atoms with Gasteiger partial charge in [0.25, 0.3) is 0 Å². The Bertz CT molecular complexity index is 693. The van der Waals surface area contributed by atoms with Crippen LogP contribution in [0.15, 0.2) is 42.5 Å². The second-order valence-corrected chi connectivity index (χ2v) is 7.02. The molecule has 1 amide bonds. The number of hydrogen-bond donors (Lipinski definition) is 3. The smallest absolute Gasteiger partial charge is 0.220 e. The van der Waals surface area contributed by atoms with Gasteiger partial charge < -0.3 is 15.7 Å². The Kier molecular flexibility index (Phi) is 6.29. The molecule has 1 aliphatic carbocycles. The van der Waals surface area contributed by atoms with Crippen LogP contribution < -0.4 is 10.6 Å². The Hall–Kier alpha value is -2.07. The molecule has 0 aromatic heterocycles. The monoisotopic (exact) mass is 340 g/mol. The largest absolute Gasteiger partial charge is 0.393 e. The van der Waals surface area contributed by atoms with Crippen LogP contribution in [0.1, 0.15) is 44.9 Å². The van der Waals surface area contributed by atoms with Gasteiger partial charge in [0.1, 0.15) is 0 Å². The first-order valence-electron chi connectivity index (χ1n) is 9.41. The van der Waals surface area contributed by atoms with Crippen molar-refractivity contribution in [1.82, 2.24) is 5.32 Å². The zero-order chi connectivity index (χ0) is 17.5. The molecular formula is C21H28N2O2. The van der Waals surface area contributed by atoms with Gasteiger partial charge in [-0.25, -0.2) is 0 Å². The molecule has 0 heterocycles. The molecule has 2 aromatic carbocycles. The van der Waals surface area contributed by atoms with Crippen LogP contribution in [-0.4, -0.2) is 29.7 Å². The first-order chi connectivity index (χ1) is 12.2. The maximum Gasteiger partial charge on any atom is 0.220 e. The van der Waals surface area contributed by atoms with Crippen molar-refractivity contribution in [1.29, 1.82) is 0 Å². The summed E-state index contributed by atoms with van der Waals surface area (Å²) in [4.78, 5) is 12.0. The SMILES string of the molecule is O=C(CCCCNc1ccc2ccccc2c1)NC1CCC(O)CC1. The summed E-state index contributed by atoms with van der Waals surface area (Å²) in [5.74, 6) is 0.145. The number of amides is 1. The average Bonchev–Trinajstić information content (AvgIpc) is 2.63. The maximum atomic E-state index is 12.0. The molecule has 0 bridgehead atoms. The lowest BCUT2D eigenvalue weighted by Gasteiger charge is -2.26. The Balaban J connectivity index is 1.32. The van der Waals surface area contributed by atoms with Gasteiger partial charge in [0.2, 0.25) is 5.91 Å². The molecule has 3 rings (SSSR count). The van der Waals surface area contributed by atoms with Crippen LogP contribution in [0.3, 0.4) is 0 Å². The fraction of sp³-hybridized carbons (Fsp3) is 0.476. The van der Waals surface area contributed by atoms with Crippen LogP contribution in [0.2, 0.25) is 0 Å². The van der Waals surface area contributed by atoms with Crippen molar-refractivity contribution < 1.29 is 9.90 Å². The van der Waals surface area contributed by atoms with E-state index in [0.717, 1.165) is 50.8 Å². The van der Waals surface area contributed by atoms with Crippen LogP contribution in [0.5, 0.6) is 0 Å². The van der Waals surface area contributed by atoms with Crippen molar-refractivity contribution in [3.8, 4) is 0 Å². The van der Waals surface area contributed by atoms with Gasteiger partial charge in [0.15, 0.2) is 0 Å². The van der Waals surface area contributed by atoms with Crippen LogP contribution in [0.25, 0.3) is 10.8 Å². The highest BCUT2D eigenvalue weighted by molar-refractivity contribution is 5.85. The molecule has 4 nitrogen and oxygen atoms in total. The van der Waals surface area contributed by atoms with Crippen molar-refractivity contribution in [2.75, 3.05) is 11.9 Å². The molecule has 0 radical (unpaired) electrons. The molecule has 25 heavy (non-hydrogen) atoms. The lowest BCUT2D eigenvalue weighted by molar-refractivity contribution is -0.122. The van der Waals surface area contributed by atoms with Crippen molar-refractivity contribution in [3.05, 3.63) is 42.5 Å². The minimum atomic E-state index is -0.172. The molecular weight excluding hydrogens is 312 g/mol. The zero-order valence-corrected chi connectivity index (χ0v) is 14.7. The summed E-state index contributed by atoms with van der Waals surface area (Å²) < 4.78 is 0. The molecule has 1 aliphatic rings. The number of aliphatic hydroxyl groups excluding tert-OH is 1. The number of rotatable bonds is 7. The van der Waals surface area contributed by atoms with Gasteiger partial charge in [0.05, 0.1) is 6.10 Å². The molecule has 4 heteroatoms. The molecule has 0 aliphatic heterocycles. The van der Waals surface area contributed by atoms with Gasteiger partial charge in [-0.3, -0.25) is 4.79 Å². The summed E-state index contributed by atoms with van der Waals surface area (Å²) in [6.07, 6.45) is 5.69. The molecule has 0 unspecified atom stereocenters. The number of aliphatic hydroxyl groups is 1. The number of benzene rings is 2. The molecule has 1 fully saturated rings. The van der Waals surface area contributed by atoms with E-state index in [1.54, 1.807) is 0 Å². The topological polar surface area (TPSA) is 61.4 Å². The van der Waals surface area contributed by atoms with E-state index in [1.807, 2.05) is 0 Å². The highest BCUT2D eigenvalue weighted by atomic mass is 16.3. The van der Waals surface area contributed by atoms with E-state index in [9.17, 15) is 9.90 Å². The second-order valence-electron chi connectivity index (χ2n) is 7.02. The fourth-order valence-corrected chi connectivity index (χ4v) is 3.46. The summed E-state index contributed by atoms with van der Waals surface area (Å²) in [7, 11) is 0. The van der Waals surface area contributed by atoms with Gasteiger partial charge in [-0.2, -0.15) is 0 Å². The number of unbranched alkanes of at least 4 members (excludes halogenated alkanes) is 1. The number of anilines is 1. The first-order valence-corrected chi connectivity index (χ1v) is 9.41. The Morgan fingerprint density at radius 3 is 2.56 bits per heavy atom. The minimum Gasteiger partial charge on any atom is -0.393 e. The van der Waals surface area contributed by atoms with Crippen LogP contribution in [0.4, 0.5) is 5.69 Å². The van der Waals surface area contributed by atoms with Gasteiger partial charge in [-0.15, -0.1) is 0 Å². The highest BCUT2D eigenvalue weighted by Crippen LogP contribution is 2.19. The average molecular weight is 340 g/mol. The van der Waals surface area contributed by atoms with E-state index >= 15 is 0 Å². The summed E-state index contributed by atoms with van der Waals surface area (Å²) in [5.41, 5.74) is 1.13. The van der Waals surface area contributed by atoms with Crippen LogP contribution in [0, 0.1) is 0 Å². The van der Waals surface area contributed by atoms with Gasteiger partial charge >= 0.3 is 0 Å².